The first kappa shape index (κ1) is 21.7. The molecule has 2 aromatic carbocycles. The summed E-state index contributed by atoms with van der Waals surface area (Å²) in [5.74, 6) is 0.972. The van der Waals surface area contributed by atoms with Gasteiger partial charge in [-0.1, -0.05) is 123 Å². The fourth-order valence-corrected chi connectivity index (χ4v) is 7.04. The third-order valence-electron chi connectivity index (χ3n) is 8.64. The molecule has 0 amide bonds. The molecule has 0 N–H and O–H groups in total. The highest BCUT2D eigenvalue weighted by molar-refractivity contribution is 5.81. The van der Waals surface area contributed by atoms with Crippen molar-refractivity contribution in [2.75, 3.05) is 0 Å². The van der Waals surface area contributed by atoms with Crippen LogP contribution in [0.2, 0.25) is 0 Å². The van der Waals surface area contributed by atoms with Crippen LogP contribution in [0.5, 0.6) is 0 Å². The highest BCUT2D eigenvalue weighted by Crippen LogP contribution is 2.67. The van der Waals surface area contributed by atoms with Crippen LogP contribution < -0.4 is 0 Å². The smallest absolute Gasteiger partial charge is 0.0164 e. The Morgan fingerprint density at radius 3 is 1.72 bits per heavy atom. The number of rotatable bonds is 1. The van der Waals surface area contributed by atoms with E-state index in [0.29, 0.717) is 11.8 Å². The minimum Gasteiger partial charge on any atom is -0.0767 e. The van der Waals surface area contributed by atoms with E-state index in [2.05, 4.69) is 117 Å². The molecule has 3 aliphatic carbocycles. The molecule has 0 heterocycles. The molecule has 0 heteroatoms. The maximum absolute atomic E-state index is 2.56. The first-order valence-electron chi connectivity index (χ1n) is 12.4. The molecule has 0 aromatic heterocycles. The Hall–Kier alpha value is -2.08. The molecule has 32 heavy (non-hydrogen) atoms. The van der Waals surface area contributed by atoms with Gasteiger partial charge in [0.15, 0.2) is 0 Å². The molecule has 0 bridgehead atoms. The molecule has 0 nitrogen and oxygen atoms in total. The van der Waals surface area contributed by atoms with E-state index in [1.807, 2.05) is 0 Å². The molecule has 0 saturated heterocycles. The maximum atomic E-state index is 2.56. The van der Waals surface area contributed by atoms with Gasteiger partial charge in [-0.25, -0.2) is 0 Å². The average molecular weight is 425 g/mol. The largest absolute Gasteiger partial charge is 0.0767 e. The van der Waals surface area contributed by atoms with Crippen LogP contribution in [0, 0.1) is 16.7 Å². The van der Waals surface area contributed by atoms with Crippen LogP contribution in [0.3, 0.4) is 0 Å². The zero-order valence-electron chi connectivity index (χ0n) is 21.6. The Morgan fingerprint density at radius 1 is 0.750 bits per heavy atom. The molecule has 2 unspecified atom stereocenters. The summed E-state index contributed by atoms with van der Waals surface area (Å²) >= 11 is 0. The van der Waals surface area contributed by atoms with Crippen LogP contribution in [-0.2, 0) is 10.8 Å². The minimum absolute atomic E-state index is 0.151. The van der Waals surface area contributed by atoms with Crippen LogP contribution >= 0.6 is 0 Å². The van der Waals surface area contributed by atoms with Crippen LogP contribution in [0.25, 0.3) is 11.1 Å². The predicted molar refractivity (Wildman–Crippen MR) is 138 cm³/mol. The van der Waals surface area contributed by atoms with Gasteiger partial charge in [0, 0.05) is 11.8 Å². The summed E-state index contributed by atoms with van der Waals surface area (Å²) in [5, 5.41) is 0. The van der Waals surface area contributed by atoms with E-state index in [-0.39, 0.29) is 21.7 Å². The Labute approximate surface area is 195 Å². The van der Waals surface area contributed by atoms with E-state index < -0.39 is 0 Å². The van der Waals surface area contributed by atoms with Gasteiger partial charge in [0.1, 0.15) is 0 Å². The number of benzene rings is 2. The van der Waals surface area contributed by atoms with Gasteiger partial charge < -0.3 is 0 Å². The van der Waals surface area contributed by atoms with E-state index in [9.17, 15) is 0 Å². The molecule has 168 valence electrons. The molecular weight excluding hydrogens is 384 g/mol. The van der Waals surface area contributed by atoms with Gasteiger partial charge in [-0.05, 0) is 61.5 Å². The molecule has 0 spiro atoms. The Balaban J connectivity index is 1.75. The van der Waals surface area contributed by atoms with E-state index in [0.717, 1.165) is 0 Å². The van der Waals surface area contributed by atoms with E-state index in [1.54, 1.807) is 16.7 Å². The van der Waals surface area contributed by atoms with Crippen molar-refractivity contribution in [1.82, 2.24) is 0 Å². The monoisotopic (exact) mass is 424 g/mol. The van der Waals surface area contributed by atoms with Crippen LogP contribution in [0.4, 0.5) is 0 Å². The van der Waals surface area contributed by atoms with E-state index in [4.69, 9.17) is 0 Å². The van der Waals surface area contributed by atoms with Gasteiger partial charge in [0.2, 0.25) is 0 Å². The lowest BCUT2D eigenvalue weighted by Crippen LogP contribution is -2.29. The topological polar surface area (TPSA) is 0 Å². The predicted octanol–water partition coefficient (Wildman–Crippen LogP) is 8.94. The second-order valence-electron chi connectivity index (χ2n) is 13.6. The van der Waals surface area contributed by atoms with Gasteiger partial charge in [-0.15, -0.1) is 0 Å². The van der Waals surface area contributed by atoms with Crippen LogP contribution in [-0.4, -0.2) is 0 Å². The Morgan fingerprint density at radius 2 is 1.25 bits per heavy atom. The second kappa shape index (κ2) is 6.49. The molecule has 1 saturated carbocycles. The van der Waals surface area contributed by atoms with Crippen molar-refractivity contribution in [3.8, 4) is 11.1 Å². The van der Waals surface area contributed by atoms with Crippen molar-refractivity contribution >= 4 is 0 Å². The molecule has 2 aromatic rings. The molecule has 0 aliphatic heterocycles. The maximum Gasteiger partial charge on any atom is 0.0164 e. The zero-order valence-corrected chi connectivity index (χ0v) is 21.6. The first-order chi connectivity index (χ1) is 14.7. The Bertz CT molecular complexity index is 1090. The summed E-state index contributed by atoms with van der Waals surface area (Å²) in [5.41, 5.74) is 11.3. The SMILES string of the molecule is CC1(C)CC(C)(C2c3ccc(C(C)(C)C)cc3-c3cc(C(C)(C)C)ccc32)C2C=CC=C21. The van der Waals surface area contributed by atoms with E-state index >= 15 is 0 Å². The van der Waals surface area contributed by atoms with Gasteiger partial charge in [-0.2, -0.15) is 0 Å². The highest BCUT2D eigenvalue weighted by atomic mass is 14.6. The van der Waals surface area contributed by atoms with Gasteiger partial charge >= 0.3 is 0 Å². The fraction of sp³-hybridized carbons (Fsp3) is 0.500. The first-order valence-corrected chi connectivity index (χ1v) is 12.4. The third-order valence-corrected chi connectivity index (χ3v) is 8.64. The number of fused-ring (bicyclic) bond motifs is 4. The Kier molecular flexibility index (Phi) is 4.41. The average Bonchev–Trinajstić information content (AvgIpc) is 3.33. The van der Waals surface area contributed by atoms with E-state index in [1.165, 1.54) is 28.7 Å². The van der Waals surface area contributed by atoms with Crippen LogP contribution in [0.15, 0.2) is 60.2 Å². The lowest BCUT2D eigenvalue weighted by Gasteiger charge is -2.38. The molecule has 3 aliphatic rings. The third kappa shape index (κ3) is 3.01. The number of hydrogen-bond donors (Lipinski definition) is 0. The lowest BCUT2D eigenvalue weighted by molar-refractivity contribution is 0.220. The normalized spacial score (nSPS) is 26.2. The summed E-state index contributed by atoms with van der Waals surface area (Å²) in [6, 6.07) is 14.7. The molecule has 0 radical (unpaired) electrons. The van der Waals surface area contributed by atoms with Crippen LogP contribution in [0.1, 0.15) is 96.9 Å². The van der Waals surface area contributed by atoms with Gasteiger partial charge in [0.25, 0.3) is 0 Å². The summed E-state index contributed by atoms with van der Waals surface area (Å²) in [6.45, 7) is 21.4. The molecular formula is C32H40. The molecule has 1 fully saturated rings. The van der Waals surface area contributed by atoms with Crippen molar-refractivity contribution < 1.29 is 0 Å². The van der Waals surface area contributed by atoms with Gasteiger partial charge in [0.05, 0.1) is 0 Å². The fourth-order valence-electron chi connectivity index (χ4n) is 7.04. The van der Waals surface area contributed by atoms with Crippen molar-refractivity contribution in [2.45, 2.75) is 85.5 Å². The van der Waals surface area contributed by atoms with Crippen molar-refractivity contribution in [1.29, 1.82) is 0 Å². The summed E-state index contributed by atoms with van der Waals surface area (Å²) in [4.78, 5) is 0. The van der Waals surface area contributed by atoms with Gasteiger partial charge in [-0.3, -0.25) is 0 Å². The summed E-state index contributed by atoms with van der Waals surface area (Å²) in [7, 11) is 0. The van der Waals surface area contributed by atoms with Crippen molar-refractivity contribution in [3.05, 3.63) is 82.5 Å². The second-order valence-corrected chi connectivity index (χ2v) is 13.6. The van der Waals surface area contributed by atoms with Crippen molar-refractivity contribution in [3.63, 3.8) is 0 Å². The molecule has 5 rings (SSSR count). The lowest BCUT2D eigenvalue weighted by atomic mass is 9.65. The summed E-state index contributed by atoms with van der Waals surface area (Å²) in [6.07, 6.45) is 8.42. The zero-order chi connectivity index (χ0) is 23.3. The summed E-state index contributed by atoms with van der Waals surface area (Å²) < 4.78 is 0. The molecule has 2 atom stereocenters. The van der Waals surface area contributed by atoms with Crippen molar-refractivity contribution in [2.24, 2.45) is 16.7 Å². The minimum atomic E-state index is 0.151. The highest BCUT2D eigenvalue weighted by Gasteiger charge is 2.56. The number of allylic oxidation sites excluding steroid dienone is 4. The number of hydrogen-bond acceptors (Lipinski definition) is 0. The quantitative estimate of drug-likeness (QED) is 0.428. The standard InChI is InChI=1S/C32H40/c1-29(2,3)20-13-15-22-24(17-20)25-18-21(30(4,5)6)14-16-23(25)28(22)32(9)19-31(7,8)26-11-10-12-27(26)32/h10-18,27-28H,19H2,1-9H3.